The fraction of sp³-hybridized carbons (Fsp3) is 0.300. The summed E-state index contributed by atoms with van der Waals surface area (Å²) < 4.78 is 72.4. The second kappa shape index (κ2) is 5.21. The summed E-state index contributed by atoms with van der Waals surface area (Å²) in [6.07, 6.45) is -4.63. The number of carbonyl (C=O) groups excluding carboxylic acids is 1. The number of halogens is 6. The summed E-state index contributed by atoms with van der Waals surface area (Å²) in [5.41, 5.74) is -6.04. The molecule has 0 amide bonds. The minimum absolute atomic E-state index is 0.387. The molecule has 0 aliphatic heterocycles. The second-order valence-electron chi connectivity index (χ2n) is 3.24. The Morgan fingerprint density at radius 2 is 1.72 bits per heavy atom. The first-order valence-electron chi connectivity index (χ1n) is 4.51. The molecule has 0 N–H and O–H groups in total. The minimum atomic E-state index is -4.63. The number of carbonyl (C=O) groups is 1. The summed E-state index contributed by atoms with van der Waals surface area (Å²) in [5, 5.41) is 0. The quantitative estimate of drug-likeness (QED) is 0.614. The predicted octanol–water partition coefficient (Wildman–Crippen LogP) is 4.14. The van der Waals surface area contributed by atoms with E-state index in [9.17, 15) is 31.1 Å². The molecule has 0 bridgehead atoms. The molecule has 0 fully saturated rings. The Bertz CT molecular complexity index is 437. The lowest BCUT2D eigenvalue weighted by atomic mass is 10.1. The highest BCUT2D eigenvalue weighted by atomic mass is 32.2. The summed E-state index contributed by atoms with van der Waals surface area (Å²) in [6, 6.07) is 3.32. The SMILES string of the molecule is O=C(CSC(F)(F)F)c1cccc(C(F)(F)F)c1. The normalized spacial score (nSPS) is 12.6. The van der Waals surface area contributed by atoms with E-state index >= 15 is 0 Å². The highest BCUT2D eigenvalue weighted by Gasteiger charge is 2.32. The number of hydrogen-bond donors (Lipinski definition) is 0. The van der Waals surface area contributed by atoms with E-state index in [1.807, 2.05) is 0 Å². The van der Waals surface area contributed by atoms with Gasteiger partial charge in [-0.2, -0.15) is 26.3 Å². The van der Waals surface area contributed by atoms with E-state index in [4.69, 9.17) is 0 Å². The zero-order valence-electron chi connectivity index (χ0n) is 8.60. The molecule has 0 unspecified atom stereocenters. The Kier molecular flexibility index (Phi) is 4.31. The third-order valence-corrected chi connectivity index (χ3v) is 2.61. The van der Waals surface area contributed by atoms with Crippen LogP contribution in [0.1, 0.15) is 15.9 Å². The molecule has 18 heavy (non-hydrogen) atoms. The van der Waals surface area contributed by atoms with Crippen LogP contribution in [0.4, 0.5) is 26.3 Å². The van der Waals surface area contributed by atoms with Crippen LogP contribution >= 0.6 is 11.8 Å². The van der Waals surface area contributed by atoms with Gasteiger partial charge in [0, 0.05) is 5.56 Å². The molecular formula is C10H6F6OS. The summed E-state index contributed by atoms with van der Waals surface area (Å²) in [7, 11) is 0. The lowest BCUT2D eigenvalue weighted by Gasteiger charge is -2.08. The van der Waals surface area contributed by atoms with Crippen LogP contribution in [0.25, 0.3) is 0 Å². The molecule has 0 aliphatic rings. The lowest BCUT2D eigenvalue weighted by Crippen LogP contribution is -2.11. The van der Waals surface area contributed by atoms with Crippen molar-refractivity contribution in [2.75, 3.05) is 5.75 Å². The van der Waals surface area contributed by atoms with Crippen LogP contribution in [0.3, 0.4) is 0 Å². The summed E-state index contributed by atoms with van der Waals surface area (Å²) in [5.74, 6) is -1.94. The molecule has 0 atom stereocenters. The molecule has 1 rings (SSSR count). The van der Waals surface area contributed by atoms with E-state index in [0.29, 0.717) is 6.07 Å². The first-order valence-corrected chi connectivity index (χ1v) is 5.49. The first kappa shape index (κ1) is 14.9. The van der Waals surface area contributed by atoms with Gasteiger partial charge in [-0.3, -0.25) is 4.79 Å². The van der Waals surface area contributed by atoms with Gasteiger partial charge < -0.3 is 0 Å². The van der Waals surface area contributed by atoms with Crippen LogP contribution in [0, 0.1) is 0 Å². The topological polar surface area (TPSA) is 17.1 Å². The van der Waals surface area contributed by atoms with E-state index in [1.165, 1.54) is 0 Å². The van der Waals surface area contributed by atoms with Gasteiger partial charge in [-0.25, -0.2) is 0 Å². The number of benzene rings is 1. The van der Waals surface area contributed by atoms with Crippen molar-refractivity contribution in [3.63, 3.8) is 0 Å². The van der Waals surface area contributed by atoms with E-state index in [1.54, 1.807) is 0 Å². The second-order valence-corrected chi connectivity index (χ2v) is 4.28. The van der Waals surface area contributed by atoms with E-state index < -0.39 is 40.5 Å². The van der Waals surface area contributed by atoms with Crippen LogP contribution in [-0.4, -0.2) is 17.0 Å². The molecule has 0 saturated carbocycles. The molecule has 0 aromatic heterocycles. The van der Waals surface area contributed by atoms with Gasteiger partial charge in [-0.1, -0.05) is 12.1 Å². The molecule has 8 heteroatoms. The minimum Gasteiger partial charge on any atom is -0.293 e. The third kappa shape index (κ3) is 4.59. The van der Waals surface area contributed by atoms with Gasteiger partial charge in [0.25, 0.3) is 0 Å². The van der Waals surface area contributed by atoms with Crippen molar-refractivity contribution in [1.82, 2.24) is 0 Å². The average Bonchev–Trinajstić information content (AvgIpc) is 2.24. The number of Topliss-reactive ketones (excluding diaryl/α,β-unsaturated/α-hetero) is 1. The lowest BCUT2D eigenvalue weighted by molar-refractivity contribution is -0.137. The molecule has 1 nitrogen and oxygen atoms in total. The van der Waals surface area contributed by atoms with E-state index in [2.05, 4.69) is 0 Å². The fourth-order valence-corrected chi connectivity index (χ4v) is 1.56. The first-order chi connectivity index (χ1) is 8.09. The molecule has 0 spiro atoms. The monoisotopic (exact) mass is 288 g/mol. The van der Waals surface area contributed by atoms with Gasteiger partial charge in [0.05, 0.1) is 11.3 Å². The smallest absolute Gasteiger partial charge is 0.293 e. The molecule has 0 saturated heterocycles. The maximum absolute atomic E-state index is 12.3. The van der Waals surface area contributed by atoms with Gasteiger partial charge >= 0.3 is 11.7 Å². The van der Waals surface area contributed by atoms with Crippen molar-refractivity contribution in [1.29, 1.82) is 0 Å². The summed E-state index contributed by atoms with van der Waals surface area (Å²) >= 11 is -0.581. The number of rotatable bonds is 3. The highest BCUT2D eigenvalue weighted by Crippen LogP contribution is 2.32. The molecule has 0 heterocycles. The van der Waals surface area contributed by atoms with Gasteiger partial charge in [0.1, 0.15) is 0 Å². The van der Waals surface area contributed by atoms with Crippen LogP contribution in [0.2, 0.25) is 0 Å². The Hall–Kier alpha value is -1.18. The van der Waals surface area contributed by atoms with E-state index in [0.717, 1.165) is 18.2 Å². The van der Waals surface area contributed by atoms with Crippen molar-refractivity contribution >= 4 is 17.5 Å². The molecule has 1 aromatic carbocycles. The fourth-order valence-electron chi connectivity index (χ4n) is 1.10. The predicted molar refractivity (Wildman–Crippen MR) is 54.3 cm³/mol. The Morgan fingerprint density at radius 1 is 1.11 bits per heavy atom. The summed E-state index contributed by atoms with van der Waals surface area (Å²) in [4.78, 5) is 11.3. The van der Waals surface area contributed by atoms with Gasteiger partial charge in [0.2, 0.25) is 0 Å². The third-order valence-electron chi connectivity index (χ3n) is 1.88. The van der Waals surface area contributed by atoms with Crippen molar-refractivity contribution in [3.05, 3.63) is 35.4 Å². The average molecular weight is 288 g/mol. The van der Waals surface area contributed by atoms with Crippen LogP contribution < -0.4 is 0 Å². The van der Waals surface area contributed by atoms with Crippen molar-refractivity contribution in [2.24, 2.45) is 0 Å². The van der Waals surface area contributed by atoms with Crippen molar-refractivity contribution in [3.8, 4) is 0 Å². The van der Waals surface area contributed by atoms with Gasteiger partial charge in [-0.15, -0.1) is 0 Å². The van der Waals surface area contributed by atoms with Crippen LogP contribution in [0.15, 0.2) is 24.3 Å². The largest absolute Gasteiger partial charge is 0.442 e. The molecule has 1 aromatic rings. The Labute approximate surface area is 102 Å². The maximum Gasteiger partial charge on any atom is 0.442 e. The maximum atomic E-state index is 12.3. The zero-order valence-corrected chi connectivity index (χ0v) is 9.42. The van der Waals surface area contributed by atoms with Gasteiger partial charge in [0.15, 0.2) is 5.78 Å². The number of thioether (sulfide) groups is 1. The van der Waals surface area contributed by atoms with Crippen LogP contribution in [-0.2, 0) is 6.18 Å². The van der Waals surface area contributed by atoms with Crippen LogP contribution in [0.5, 0.6) is 0 Å². The molecular weight excluding hydrogens is 282 g/mol. The Morgan fingerprint density at radius 3 is 2.22 bits per heavy atom. The molecule has 0 aliphatic carbocycles. The summed E-state index contributed by atoms with van der Waals surface area (Å²) in [6.45, 7) is 0. The Balaban J connectivity index is 2.81. The van der Waals surface area contributed by atoms with Crippen molar-refractivity contribution < 1.29 is 31.1 Å². The highest BCUT2D eigenvalue weighted by molar-refractivity contribution is 8.00. The number of alkyl halides is 6. The number of hydrogen-bond acceptors (Lipinski definition) is 2. The van der Waals surface area contributed by atoms with Crippen molar-refractivity contribution in [2.45, 2.75) is 11.7 Å². The number of ketones is 1. The zero-order chi connectivity index (χ0) is 14.0. The molecule has 100 valence electrons. The van der Waals surface area contributed by atoms with E-state index in [-0.39, 0.29) is 5.56 Å². The van der Waals surface area contributed by atoms with Gasteiger partial charge in [-0.05, 0) is 23.9 Å². The molecule has 0 radical (unpaired) electrons. The standard InChI is InChI=1S/C10H6F6OS/c11-9(12,13)7-3-1-2-6(4-7)8(17)5-18-10(14,15)16/h1-4H,5H2.